The van der Waals surface area contributed by atoms with Crippen LogP contribution < -0.4 is 10.1 Å². The summed E-state index contributed by atoms with van der Waals surface area (Å²) >= 11 is 0. The number of hydrogen-bond acceptors (Lipinski definition) is 5. The predicted molar refractivity (Wildman–Crippen MR) is 63.7 cm³/mol. The average molecular weight is 229 g/mol. The van der Waals surface area contributed by atoms with Crippen LogP contribution in [0.25, 0.3) is 0 Å². The summed E-state index contributed by atoms with van der Waals surface area (Å²) in [5, 5.41) is 3.01. The van der Waals surface area contributed by atoms with Crippen molar-refractivity contribution in [2.45, 2.75) is 0 Å². The molecule has 0 amide bonds. The molecule has 0 saturated carbocycles. The summed E-state index contributed by atoms with van der Waals surface area (Å²) in [4.78, 5) is 18.9. The van der Waals surface area contributed by atoms with Crippen LogP contribution in [0.1, 0.15) is 10.4 Å². The Balaban J connectivity index is 2.22. The molecule has 2 heterocycles. The third-order valence-corrected chi connectivity index (χ3v) is 2.17. The van der Waals surface area contributed by atoms with E-state index < -0.39 is 0 Å². The monoisotopic (exact) mass is 229 g/mol. The van der Waals surface area contributed by atoms with Gasteiger partial charge in [0.15, 0.2) is 6.29 Å². The van der Waals surface area contributed by atoms with Crippen LogP contribution in [0.4, 0.5) is 11.5 Å². The van der Waals surface area contributed by atoms with Crippen LogP contribution in [0, 0.1) is 0 Å². The van der Waals surface area contributed by atoms with E-state index in [-0.39, 0.29) is 0 Å². The Morgan fingerprint density at radius 1 is 1.29 bits per heavy atom. The smallest absolute Gasteiger partial charge is 0.213 e. The lowest BCUT2D eigenvalue weighted by atomic mass is 10.3. The standard InChI is InChI=1S/C12H11N3O2/c1-17-11-5-4-10(7-14-11)15-12-9(8-16)3-2-6-13-12/h2-8H,1H3,(H,13,15). The lowest BCUT2D eigenvalue weighted by Gasteiger charge is -2.07. The molecule has 17 heavy (non-hydrogen) atoms. The number of anilines is 2. The maximum Gasteiger partial charge on any atom is 0.213 e. The van der Waals surface area contributed by atoms with Crippen molar-refractivity contribution in [3.63, 3.8) is 0 Å². The van der Waals surface area contributed by atoms with Gasteiger partial charge in [-0.1, -0.05) is 0 Å². The fourth-order valence-electron chi connectivity index (χ4n) is 1.33. The van der Waals surface area contributed by atoms with Crippen molar-refractivity contribution in [2.75, 3.05) is 12.4 Å². The summed E-state index contributed by atoms with van der Waals surface area (Å²) in [5.74, 6) is 1.04. The van der Waals surface area contributed by atoms with Crippen LogP contribution in [-0.4, -0.2) is 23.4 Å². The van der Waals surface area contributed by atoms with Gasteiger partial charge >= 0.3 is 0 Å². The van der Waals surface area contributed by atoms with Crippen LogP contribution in [0.15, 0.2) is 36.7 Å². The molecular formula is C12H11N3O2. The van der Waals surface area contributed by atoms with Gasteiger partial charge in [-0.2, -0.15) is 0 Å². The normalized spacial score (nSPS) is 9.71. The Kier molecular flexibility index (Phi) is 3.30. The van der Waals surface area contributed by atoms with Crippen molar-refractivity contribution in [3.05, 3.63) is 42.2 Å². The van der Waals surface area contributed by atoms with Crippen LogP contribution >= 0.6 is 0 Å². The Morgan fingerprint density at radius 2 is 2.18 bits per heavy atom. The van der Waals surface area contributed by atoms with Gasteiger partial charge in [-0.05, 0) is 18.2 Å². The highest BCUT2D eigenvalue weighted by atomic mass is 16.5. The Bertz CT molecular complexity index is 511. The summed E-state index contributed by atoms with van der Waals surface area (Å²) in [7, 11) is 1.55. The molecular weight excluding hydrogens is 218 g/mol. The molecule has 2 aromatic rings. The lowest BCUT2D eigenvalue weighted by molar-refractivity contribution is 0.112. The van der Waals surface area contributed by atoms with Crippen molar-refractivity contribution in [3.8, 4) is 5.88 Å². The number of pyridine rings is 2. The lowest BCUT2D eigenvalue weighted by Crippen LogP contribution is -1.98. The van der Waals surface area contributed by atoms with E-state index in [4.69, 9.17) is 4.74 Å². The first-order valence-corrected chi connectivity index (χ1v) is 5.01. The van der Waals surface area contributed by atoms with Gasteiger partial charge in [-0.15, -0.1) is 0 Å². The third kappa shape index (κ3) is 2.57. The van der Waals surface area contributed by atoms with Crippen LogP contribution in [0.5, 0.6) is 5.88 Å². The first kappa shape index (κ1) is 11.1. The number of aldehydes is 1. The molecule has 0 radical (unpaired) electrons. The molecule has 5 heteroatoms. The van der Waals surface area contributed by atoms with Crippen molar-refractivity contribution < 1.29 is 9.53 Å². The van der Waals surface area contributed by atoms with Gasteiger partial charge in [0.25, 0.3) is 0 Å². The molecule has 5 nitrogen and oxygen atoms in total. The topological polar surface area (TPSA) is 64.1 Å². The molecule has 0 aliphatic heterocycles. The molecule has 0 unspecified atom stereocenters. The van der Waals surface area contributed by atoms with Crippen molar-refractivity contribution in [2.24, 2.45) is 0 Å². The van der Waals surface area contributed by atoms with E-state index in [1.54, 1.807) is 43.8 Å². The molecule has 0 spiro atoms. The summed E-state index contributed by atoms with van der Waals surface area (Å²) in [6, 6.07) is 6.93. The highest BCUT2D eigenvalue weighted by Crippen LogP contribution is 2.17. The largest absolute Gasteiger partial charge is 0.481 e. The summed E-state index contributed by atoms with van der Waals surface area (Å²) < 4.78 is 4.95. The maximum absolute atomic E-state index is 10.8. The molecule has 0 saturated heterocycles. The minimum atomic E-state index is 0.503. The van der Waals surface area contributed by atoms with E-state index in [1.165, 1.54) is 0 Å². The van der Waals surface area contributed by atoms with Gasteiger partial charge in [0, 0.05) is 12.3 Å². The summed E-state index contributed by atoms with van der Waals surface area (Å²) in [6.45, 7) is 0. The number of ether oxygens (including phenoxy) is 1. The van der Waals surface area contributed by atoms with Crippen LogP contribution in [0.2, 0.25) is 0 Å². The molecule has 0 bridgehead atoms. The Morgan fingerprint density at radius 3 is 2.82 bits per heavy atom. The molecule has 0 atom stereocenters. The molecule has 86 valence electrons. The van der Waals surface area contributed by atoms with Crippen LogP contribution in [0.3, 0.4) is 0 Å². The zero-order chi connectivity index (χ0) is 12.1. The maximum atomic E-state index is 10.8. The molecule has 1 N–H and O–H groups in total. The van der Waals surface area contributed by atoms with Gasteiger partial charge in [-0.25, -0.2) is 9.97 Å². The van der Waals surface area contributed by atoms with Gasteiger partial charge < -0.3 is 10.1 Å². The molecule has 0 aliphatic carbocycles. The number of carbonyl (C=O) groups excluding carboxylic acids is 1. The highest BCUT2D eigenvalue weighted by Gasteiger charge is 2.02. The SMILES string of the molecule is COc1ccc(Nc2ncccc2C=O)cn1. The summed E-state index contributed by atoms with van der Waals surface area (Å²) in [6.07, 6.45) is 3.99. The predicted octanol–water partition coefficient (Wildman–Crippen LogP) is 2.04. The minimum Gasteiger partial charge on any atom is -0.481 e. The van der Waals surface area contributed by atoms with E-state index in [0.29, 0.717) is 17.3 Å². The number of hydrogen-bond donors (Lipinski definition) is 1. The Hall–Kier alpha value is -2.43. The molecule has 0 aliphatic rings. The van der Waals surface area contributed by atoms with E-state index in [9.17, 15) is 4.79 Å². The molecule has 0 aromatic carbocycles. The quantitative estimate of drug-likeness (QED) is 0.813. The number of nitrogens with zero attached hydrogens (tertiary/aromatic N) is 2. The fraction of sp³-hybridized carbons (Fsp3) is 0.0833. The van der Waals surface area contributed by atoms with Gasteiger partial charge in [0.1, 0.15) is 5.82 Å². The fourth-order valence-corrected chi connectivity index (χ4v) is 1.33. The van der Waals surface area contributed by atoms with Gasteiger partial charge in [0.2, 0.25) is 5.88 Å². The second kappa shape index (κ2) is 5.07. The first-order chi connectivity index (χ1) is 8.33. The van der Waals surface area contributed by atoms with E-state index in [2.05, 4.69) is 15.3 Å². The molecule has 0 fully saturated rings. The second-order valence-electron chi connectivity index (χ2n) is 3.27. The highest BCUT2D eigenvalue weighted by molar-refractivity contribution is 5.83. The number of rotatable bonds is 4. The van der Waals surface area contributed by atoms with Crippen LogP contribution in [-0.2, 0) is 0 Å². The average Bonchev–Trinajstić information content (AvgIpc) is 2.40. The molecule has 2 rings (SSSR count). The van der Waals surface area contributed by atoms with Gasteiger partial charge in [-0.3, -0.25) is 4.79 Å². The number of aromatic nitrogens is 2. The number of methoxy groups -OCH3 is 1. The minimum absolute atomic E-state index is 0.503. The van der Waals surface area contributed by atoms with Crippen molar-refractivity contribution >= 4 is 17.8 Å². The van der Waals surface area contributed by atoms with Gasteiger partial charge in [0.05, 0.1) is 24.6 Å². The zero-order valence-corrected chi connectivity index (χ0v) is 9.25. The molecule has 2 aromatic heterocycles. The first-order valence-electron chi connectivity index (χ1n) is 5.01. The van der Waals surface area contributed by atoms with E-state index >= 15 is 0 Å². The number of carbonyl (C=O) groups is 1. The van der Waals surface area contributed by atoms with Crippen molar-refractivity contribution in [1.29, 1.82) is 0 Å². The Labute approximate surface area is 98.5 Å². The van der Waals surface area contributed by atoms with Crippen molar-refractivity contribution in [1.82, 2.24) is 9.97 Å². The second-order valence-corrected chi connectivity index (χ2v) is 3.27. The zero-order valence-electron chi connectivity index (χ0n) is 9.25. The number of nitrogens with one attached hydrogen (secondary N) is 1. The third-order valence-electron chi connectivity index (χ3n) is 2.17. The van der Waals surface area contributed by atoms with E-state index in [1.807, 2.05) is 0 Å². The summed E-state index contributed by atoms with van der Waals surface area (Å²) in [5.41, 5.74) is 1.25. The van der Waals surface area contributed by atoms with E-state index in [0.717, 1.165) is 12.0 Å².